The van der Waals surface area contributed by atoms with E-state index in [1.807, 2.05) is 11.4 Å². The van der Waals surface area contributed by atoms with Gasteiger partial charge < -0.3 is 0 Å². The normalized spacial score (nSPS) is 11.1. The molecule has 0 saturated carbocycles. The van der Waals surface area contributed by atoms with Crippen molar-refractivity contribution in [3.05, 3.63) is 91.3 Å². The Hall–Kier alpha value is -3.32. The minimum absolute atomic E-state index is 0.0273. The van der Waals surface area contributed by atoms with Crippen LogP contribution in [0.5, 0.6) is 0 Å². The molecule has 2 heterocycles. The Kier molecular flexibility index (Phi) is 4.52. The third-order valence-corrected chi connectivity index (χ3v) is 5.77. The SMILES string of the molecule is Cc1ccc(-c2csc3ncn(Cc4ccc([N+](=O)[O-])cc4)c(=O)c23)cc1C. The van der Waals surface area contributed by atoms with E-state index < -0.39 is 4.92 Å². The van der Waals surface area contributed by atoms with Crippen molar-refractivity contribution in [1.29, 1.82) is 0 Å². The molecule has 140 valence electrons. The van der Waals surface area contributed by atoms with E-state index in [2.05, 4.69) is 31.0 Å². The van der Waals surface area contributed by atoms with Crippen LogP contribution in [-0.4, -0.2) is 14.5 Å². The lowest BCUT2D eigenvalue weighted by Crippen LogP contribution is -2.21. The zero-order valence-electron chi connectivity index (χ0n) is 15.4. The molecule has 2 aromatic heterocycles. The molecule has 0 saturated heterocycles. The summed E-state index contributed by atoms with van der Waals surface area (Å²) in [6, 6.07) is 12.4. The molecule has 0 amide bonds. The molecular formula is C21H17N3O3S. The summed E-state index contributed by atoms with van der Waals surface area (Å²) in [5.41, 5.74) is 4.98. The molecule has 0 bridgehead atoms. The van der Waals surface area contributed by atoms with Crippen molar-refractivity contribution in [2.75, 3.05) is 0 Å². The van der Waals surface area contributed by atoms with Crippen LogP contribution in [0.1, 0.15) is 16.7 Å². The fourth-order valence-corrected chi connectivity index (χ4v) is 4.03. The fourth-order valence-electron chi connectivity index (χ4n) is 3.12. The largest absolute Gasteiger partial charge is 0.294 e. The summed E-state index contributed by atoms with van der Waals surface area (Å²) in [6.07, 6.45) is 1.53. The molecule has 6 nitrogen and oxygen atoms in total. The first-order valence-corrected chi connectivity index (χ1v) is 9.59. The molecule has 0 spiro atoms. The van der Waals surface area contributed by atoms with Crippen molar-refractivity contribution >= 4 is 27.2 Å². The number of nitro benzene ring substituents is 1. The maximum absolute atomic E-state index is 13.1. The van der Waals surface area contributed by atoms with Crippen LogP contribution in [0.4, 0.5) is 5.69 Å². The molecule has 4 rings (SSSR count). The monoisotopic (exact) mass is 391 g/mol. The number of nitro groups is 1. The Labute approximate surface area is 164 Å². The average molecular weight is 391 g/mol. The predicted molar refractivity (Wildman–Crippen MR) is 111 cm³/mol. The van der Waals surface area contributed by atoms with Gasteiger partial charge in [0.15, 0.2) is 0 Å². The van der Waals surface area contributed by atoms with E-state index in [9.17, 15) is 14.9 Å². The minimum atomic E-state index is -0.440. The van der Waals surface area contributed by atoms with Gasteiger partial charge in [0.2, 0.25) is 0 Å². The summed E-state index contributed by atoms with van der Waals surface area (Å²) >= 11 is 1.45. The van der Waals surface area contributed by atoms with E-state index in [4.69, 9.17) is 0 Å². The number of aromatic nitrogens is 2. The minimum Gasteiger partial charge on any atom is -0.294 e. The lowest BCUT2D eigenvalue weighted by molar-refractivity contribution is -0.384. The number of thiophene rings is 1. The number of rotatable bonds is 4. The van der Waals surface area contributed by atoms with Crippen molar-refractivity contribution in [3.63, 3.8) is 0 Å². The number of nitrogens with zero attached hydrogens (tertiary/aromatic N) is 3. The molecular weight excluding hydrogens is 374 g/mol. The van der Waals surface area contributed by atoms with Gasteiger partial charge in [-0.15, -0.1) is 11.3 Å². The zero-order valence-corrected chi connectivity index (χ0v) is 16.2. The molecule has 28 heavy (non-hydrogen) atoms. The summed E-state index contributed by atoms with van der Waals surface area (Å²) in [6.45, 7) is 4.42. The van der Waals surface area contributed by atoms with E-state index in [1.54, 1.807) is 16.7 Å². The highest BCUT2D eigenvalue weighted by Gasteiger charge is 2.14. The molecule has 0 N–H and O–H groups in total. The molecule has 0 aliphatic carbocycles. The number of hydrogen-bond acceptors (Lipinski definition) is 5. The Morgan fingerprint density at radius 1 is 1.11 bits per heavy atom. The number of aryl methyl sites for hydroxylation is 2. The second-order valence-electron chi connectivity index (χ2n) is 6.73. The number of benzene rings is 2. The van der Waals surface area contributed by atoms with Crippen molar-refractivity contribution in [2.24, 2.45) is 0 Å². The Balaban J connectivity index is 1.77. The molecule has 2 aromatic carbocycles. The van der Waals surface area contributed by atoms with Crippen LogP contribution in [0.15, 0.2) is 59.0 Å². The van der Waals surface area contributed by atoms with Gasteiger partial charge in [-0.05, 0) is 36.1 Å². The van der Waals surface area contributed by atoms with Crippen LogP contribution in [0.3, 0.4) is 0 Å². The van der Waals surface area contributed by atoms with Crippen LogP contribution in [0.25, 0.3) is 21.3 Å². The van der Waals surface area contributed by atoms with E-state index in [0.717, 1.165) is 16.7 Å². The van der Waals surface area contributed by atoms with Crippen molar-refractivity contribution in [3.8, 4) is 11.1 Å². The predicted octanol–water partition coefficient (Wildman–Crippen LogP) is 4.70. The van der Waals surface area contributed by atoms with Gasteiger partial charge in [-0.2, -0.15) is 0 Å². The topological polar surface area (TPSA) is 78.0 Å². The Bertz CT molecular complexity index is 1260. The molecule has 0 aliphatic rings. The number of non-ortho nitro benzene ring substituents is 1. The Morgan fingerprint density at radius 3 is 2.54 bits per heavy atom. The molecule has 0 aliphatic heterocycles. The van der Waals surface area contributed by atoms with E-state index in [1.165, 1.54) is 40.9 Å². The van der Waals surface area contributed by atoms with Gasteiger partial charge in [0.25, 0.3) is 11.2 Å². The summed E-state index contributed by atoms with van der Waals surface area (Å²) < 4.78 is 1.54. The quantitative estimate of drug-likeness (QED) is 0.373. The van der Waals surface area contributed by atoms with Gasteiger partial charge in [0, 0.05) is 23.1 Å². The second kappa shape index (κ2) is 7.01. The highest BCUT2D eigenvalue weighted by molar-refractivity contribution is 7.17. The van der Waals surface area contributed by atoms with Gasteiger partial charge >= 0.3 is 0 Å². The zero-order chi connectivity index (χ0) is 19.8. The van der Waals surface area contributed by atoms with Crippen LogP contribution in [-0.2, 0) is 6.54 Å². The number of fused-ring (bicyclic) bond motifs is 1. The highest BCUT2D eigenvalue weighted by Crippen LogP contribution is 2.31. The first-order valence-electron chi connectivity index (χ1n) is 8.71. The van der Waals surface area contributed by atoms with Gasteiger partial charge in [-0.3, -0.25) is 19.5 Å². The van der Waals surface area contributed by atoms with Crippen LogP contribution in [0, 0.1) is 24.0 Å². The highest BCUT2D eigenvalue weighted by atomic mass is 32.1. The maximum atomic E-state index is 13.1. The first-order chi connectivity index (χ1) is 13.4. The van der Waals surface area contributed by atoms with E-state index >= 15 is 0 Å². The number of hydrogen-bond donors (Lipinski definition) is 0. The molecule has 0 atom stereocenters. The van der Waals surface area contributed by atoms with Gasteiger partial charge in [-0.1, -0.05) is 30.3 Å². The van der Waals surface area contributed by atoms with Gasteiger partial charge in [0.05, 0.1) is 23.2 Å². The van der Waals surface area contributed by atoms with Gasteiger partial charge in [0.1, 0.15) is 4.83 Å². The maximum Gasteiger partial charge on any atom is 0.269 e. The van der Waals surface area contributed by atoms with Crippen LogP contribution >= 0.6 is 11.3 Å². The Morgan fingerprint density at radius 2 is 1.86 bits per heavy atom. The fraction of sp³-hybridized carbons (Fsp3) is 0.143. The second-order valence-corrected chi connectivity index (χ2v) is 7.59. The van der Waals surface area contributed by atoms with Crippen molar-refractivity contribution < 1.29 is 4.92 Å². The summed E-state index contributed by atoms with van der Waals surface area (Å²) in [5.74, 6) is 0. The molecule has 4 aromatic rings. The van der Waals surface area contributed by atoms with Gasteiger partial charge in [-0.25, -0.2) is 4.98 Å². The van der Waals surface area contributed by atoms with Crippen molar-refractivity contribution in [2.45, 2.75) is 20.4 Å². The van der Waals surface area contributed by atoms with E-state index in [0.29, 0.717) is 16.8 Å². The standard InChI is InChI=1S/C21H17N3O3S/c1-13-3-6-16(9-14(13)2)18-11-28-20-19(18)21(25)23(12-22-20)10-15-4-7-17(8-5-15)24(26)27/h3-9,11-12H,10H2,1-2H3. The molecule has 7 heteroatoms. The summed E-state index contributed by atoms with van der Waals surface area (Å²) in [4.78, 5) is 28.6. The average Bonchev–Trinajstić information content (AvgIpc) is 3.11. The molecule has 0 unspecified atom stereocenters. The molecule has 0 radical (unpaired) electrons. The third kappa shape index (κ3) is 3.20. The molecule has 0 fully saturated rings. The lowest BCUT2D eigenvalue weighted by Gasteiger charge is -2.07. The summed E-state index contributed by atoms with van der Waals surface area (Å²) in [7, 11) is 0. The first kappa shape index (κ1) is 18.1. The van der Waals surface area contributed by atoms with Crippen LogP contribution in [0.2, 0.25) is 0 Å². The van der Waals surface area contributed by atoms with Crippen molar-refractivity contribution in [1.82, 2.24) is 9.55 Å². The lowest BCUT2D eigenvalue weighted by atomic mass is 10.0. The van der Waals surface area contributed by atoms with Crippen LogP contribution < -0.4 is 5.56 Å². The third-order valence-electron chi connectivity index (χ3n) is 4.88. The smallest absolute Gasteiger partial charge is 0.269 e. The van der Waals surface area contributed by atoms with E-state index in [-0.39, 0.29) is 11.2 Å². The summed E-state index contributed by atoms with van der Waals surface area (Å²) in [5, 5.41) is 13.4.